The van der Waals surface area contributed by atoms with Crippen molar-refractivity contribution in [1.82, 2.24) is 4.90 Å². The molecule has 2 aromatic carbocycles. The number of ketones is 1. The number of hydrazone groups is 1. The second kappa shape index (κ2) is 10.0. The highest BCUT2D eigenvalue weighted by Gasteiger charge is 2.34. The molecule has 0 aliphatic carbocycles. The van der Waals surface area contributed by atoms with E-state index in [9.17, 15) is 14.4 Å². The number of rotatable bonds is 8. The molecule has 3 rings (SSSR count). The summed E-state index contributed by atoms with van der Waals surface area (Å²) in [7, 11) is 0. The molecule has 1 aliphatic rings. The van der Waals surface area contributed by atoms with Gasteiger partial charge in [-0.25, -0.2) is 0 Å². The lowest BCUT2D eigenvalue weighted by atomic mass is 10.1. The van der Waals surface area contributed by atoms with Gasteiger partial charge in [-0.1, -0.05) is 30.3 Å². The Morgan fingerprint density at radius 3 is 2.26 bits per heavy atom. The number of carbonyl (C=O) groups is 3. The predicted octanol–water partition coefficient (Wildman–Crippen LogP) is 3.26. The van der Waals surface area contributed by atoms with Gasteiger partial charge >= 0.3 is 0 Å². The molecule has 7 heteroatoms. The van der Waals surface area contributed by atoms with Crippen molar-refractivity contribution in [3.05, 3.63) is 60.2 Å². The van der Waals surface area contributed by atoms with Crippen LogP contribution in [0.1, 0.15) is 32.8 Å². The second-order valence-corrected chi connectivity index (χ2v) is 7.45. The lowest BCUT2D eigenvalue weighted by Crippen LogP contribution is -2.33. The van der Waals surface area contributed by atoms with Gasteiger partial charge in [-0.15, -0.1) is 0 Å². The van der Waals surface area contributed by atoms with Gasteiger partial charge in [0.25, 0.3) is 5.91 Å². The third-order valence-electron chi connectivity index (χ3n) is 5.35. The summed E-state index contributed by atoms with van der Waals surface area (Å²) in [5, 5.41) is 8.87. The molecule has 0 saturated carbocycles. The summed E-state index contributed by atoms with van der Waals surface area (Å²) < 4.78 is 0. The van der Waals surface area contributed by atoms with Crippen LogP contribution in [0, 0.1) is 0 Å². The van der Waals surface area contributed by atoms with Crippen molar-refractivity contribution >= 4 is 34.7 Å². The number of hydrogen-bond donors (Lipinski definition) is 1. The first kappa shape index (κ1) is 22.2. The topological polar surface area (TPSA) is 82.1 Å². The number of hydrogen-bond acceptors (Lipinski definition) is 5. The molecule has 0 bridgehead atoms. The number of amides is 2. The normalized spacial score (nSPS) is 15.4. The Bertz CT molecular complexity index is 966. The quantitative estimate of drug-likeness (QED) is 0.711. The SMILES string of the molecule is CCN(CC)C(=O)Cc1ccc(NC(=O)C2=NN(c3ccccc3)C(C(C)=O)C2)cc1. The largest absolute Gasteiger partial charge is 0.343 e. The van der Waals surface area contributed by atoms with Crippen molar-refractivity contribution in [2.75, 3.05) is 23.4 Å². The van der Waals surface area contributed by atoms with Gasteiger partial charge < -0.3 is 10.2 Å². The molecule has 0 aromatic heterocycles. The third-order valence-corrected chi connectivity index (χ3v) is 5.35. The van der Waals surface area contributed by atoms with Gasteiger partial charge in [-0.05, 0) is 50.6 Å². The number of likely N-dealkylation sites (N-methyl/N-ethyl adjacent to an activating group) is 1. The van der Waals surface area contributed by atoms with Gasteiger partial charge in [0, 0.05) is 25.2 Å². The molecule has 0 saturated heterocycles. The number of benzene rings is 2. The van der Waals surface area contributed by atoms with E-state index >= 15 is 0 Å². The Kier molecular flexibility index (Phi) is 7.18. The summed E-state index contributed by atoms with van der Waals surface area (Å²) in [4.78, 5) is 38.9. The van der Waals surface area contributed by atoms with Gasteiger partial charge in [-0.3, -0.25) is 19.4 Å². The number of nitrogens with one attached hydrogen (secondary N) is 1. The molecular formula is C24H28N4O3. The number of anilines is 2. The molecule has 1 unspecified atom stereocenters. The lowest BCUT2D eigenvalue weighted by Gasteiger charge is -2.20. The highest BCUT2D eigenvalue weighted by Crippen LogP contribution is 2.25. The zero-order valence-electron chi connectivity index (χ0n) is 18.2. The Morgan fingerprint density at radius 1 is 1.03 bits per heavy atom. The summed E-state index contributed by atoms with van der Waals surface area (Å²) in [5.41, 5.74) is 2.59. The van der Waals surface area contributed by atoms with Crippen LogP contribution in [0.3, 0.4) is 0 Å². The van der Waals surface area contributed by atoms with Gasteiger partial charge in [0.05, 0.1) is 12.1 Å². The molecule has 1 N–H and O–H groups in total. The molecule has 1 heterocycles. The molecule has 1 atom stereocenters. The first-order chi connectivity index (χ1) is 14.9. The minimum atomic E-state index is -0.489. The highest BCUT2D eigenvalue weighted by molar-refractivity contribution is 6.44. The Labute approximate surface area is 182 Å². The van der Waals surface area contributed by atoms with Crippen LogP contribution in [0.15, 0.2) is 59.7 Å². The minimum absolute atomic E-state index is 0.0439. The van der Waals surface area contributed by atoms with Gasteiger partial charge in [0.2, 0.25) is 5.91 Å². The van der Waals surface area contributed by atoms with Crippen molar-refractivity contribution in [3.63, 3.8) is 0 Å². The summed E-state index contributed by atoms with van der Waals surface area (Å²) in [5.74, 6) is -0.298. The van der Waals surface area contributed by atoms with E-state index in [4.69, 9.17) is 0 Å². The highest BCUT2D eigenvalue weighted by atomic mass is 16.2. The summed E-state index contributed by atoms with van der Waals surface area (Å²) in [6.45, 7) is 6.80. The zero-order valence-corrected chi connectivity index (χ0v) is 18.2. The molecule has 2 amide bonds. The van der Waals surface area contributed by atoms with Gasteiger partial charge in [0.1, 0.15) is 11.8 Å². The Hall–Kier alpha value is -3.48. The molecule has 2 aromatic rings. The monoisotopic (exact) mass is 420 g/mol. The van der Waals surface area contributed by atoms with Crippen LogP contribution in [0.4, 0.5) is 11.4 Å². The summed E-state index contributed by atoms with van der Waals surface area (Å²) >= 11 is 0. The molecular weight excluding hydrogens is 392 g/mol. The summed E-state index contributed by atoms with van der Waals surface area (Å²) in [6, 6.07) is 16.1. The van der Waals surface area contributed by atoms with Crippen LogP contribution < -0.4 is 10.3 Å². The minimum Gasteiger partial charge on any atom is -0.343 e. The van der Waals surface area contributed by atoms with Gasteiger partial charge in [0.15, 0.2) is 5.78 Å². The van der Waals surface area contributed by atoms with Gasteiger partial charge in [-0.2, -0.15) is 5.10 Å². The molecule has 162 valence electrons. The number of nitrogens with zero attached hydrogens (tertiary/aromatic N) is 3. The molecule has 0 fully saturated rings. The van der Waals surface area contributed by atoms with E-state index in [0.29, 0.717) is 30.9 Å². The average Bonchev–Trinajstić information content (AvgIpc) is 3.23. The third kappa shape index (κ3) is 5.36. The zero-order chi connectivity index (χ0) is 22.4. The van der Waals surface area contributed by atoms with Crippen LogP contribution in [0.5, 0.6) is 0 Å². The van der Waals surface area contributed by atoms with E-state index in [1.54, 1.807) is 22.0 Å². The maximum absolute atomic E-state index is 12.7. The predicted molar refractivity (Wildman–Crippen MR) is 122 cm³/mol. The van der Waals surface area contributed by atoms with E-state index in [-0.39, 0.29) is 24.0 Å². The standard InChI is InChI=1S/C24H28N4O3/c1-4-27(5-2)23(30)15-18-11-13-19(14-12-18)25-24(31)21-16-22(17(3)29)28(26-21)20-9-7-6-8-10-20/h6-14,22H,4-5,15-16H2,1-3H3,(H,25,31). The molecule has 0 radical (unpaired) electrons. The number of Topliss-reactive ketones (excluding diaryl/α,β-unsaturated/α-hetero) is 1. The van der Waals surface area contributed by atoms with Crippen molar-refractivity contribution in [3.8, 4) is 0 Å². The number of para-hydroxylation sites is 1. The van der Waals surface area contributed by atoms with Crippen LogP contribution in [0.25, 0.3) is 0 Å². The van der Waals surface area contributed by atoms with E-state index < -0.39 is 6.04 Å². The van der Waals surface area contributed by atoms with E-state index in [1.807, 2.05) is 56.3 Å². The van der Waals surface area contributed by atoms with E-state index in [1.165, 1.54) is 6.92 Å². The first-order valence-electron chi connectivity index (χ1n) is 10.5. The van der Waals surface area contributed by atoms with Crippen molar-refractivity contribution in [1.29, 1.82) is 0 Å². The van der Waals surface area contributed by atoms with Crippen molar-refractivity contribution < 1.29 is 14.4 Å². The van der Waals surface area contributed by atoms with Crippen LogP contribution in [0.2, 0.25) is 0 Å². The van der Waals surface area contributed by atoms with Crippen LogP contribution in [-0.4, -0.2) is 47.3 Å². The van der Waals surface area contributed by atoms with Crippen LogP contribution in [-0.2, 0) is 20.8 Å². The Morgan fingerprint density at radius 2 is 1.68 bits per heavy atom. The molecule has 1 aliphatic heterocycles. The maximum atomic E-state index is 12.7. The smallest absolute Gasteiger partial charge is 0.271 e. The van der Waals surface area contributed by atoms with E-state index in [0.717, 1.165) is 11.3 Å². The lowest BCUT2D eigenvalue weighted by molar-refractivity contribution is -0.130. The molecule has 0 spiro atoms. The van der Waals surface area contributed by atoms with Crippen molar-refractivity contribution in [2.24, 2.45) is 5.10 Å². The second-order valence-electron chi connectivity index (χ2n) is 7.45. The Balaban J connectivity index is 1.67. The maximum Gasteiger partial charge on any atom is 0.271 e. The molecule has 7 nitrogen and oxygen atoms in total. The van der Waals surface area contributed by atoms with Crippen molar-refractivity contribution in [2.45, 2.75) is 39.7 Å². The molecule has 31 heavy (non-hydrogen) atoms. The fraction of sp³-hybridized carbons (Fsp3) is 0.333. The number of carbonyl (C=O) groups excluding carboxylic acids is 3. The fourth-order valence-electron chi connectivity index (χ4n) is 3.55. The van der Waals surface area contributed by atoms with Crippen LogP contribution >= 0.6 is 0 Å². The fourth-order valence-corrected chi connectivity index (χ4v) is 3.55. The first-order valence-corrected chi connectivity index (χ1v) is 10.5. The average molecular weight is 421 g/mol. The summed E-state index contributed by atoms with van der Waals surface area (Å²) in [6.07, 6.45) is 0.585. The van der Waals surface area contributed by atoms with E-state index in [2.05, 4.69) is 10.4 Å².